The first-order valence-corrected chi connectivity index (χ1v) is 7.67. The molecule has 0 amide bonds. The van der Waals surface area contributed by atoms with Crippen LogP contribution >= 0.6 is 15.9 Å². The summed E-state index contributed by atoms with van der Waals surface area (Å²) in [4.78, 5) is 4.42. The SMILES string of the molecule is CCn1ncc(Cn2nc(C)nc2-c2[c]cc(F)cc2)c1Br. The molecular weight excluding hydrogens is 349 g/mol. The molecule has 0 atom stereocenters. The van der Waals surface area contributed by atoms with Crippen molar-refractivity contribution in [3.63, 3.8) is 0 Å². The zero-order chi connectivity index (χ0) is 15.7. The third-order valence-electron chi connectivity index (χ3n) is 3.26. The van der Waals surface area contributed by atoms with Crippen LogP contribution < -0.4 is 0 Å². The fraction of sp³-hybridized carbons (Fsp3) is 0.267. The molecule has 2 aromatic heterocycles. The van der Waals surface area contributed by atoms with E-state index in [1.54, 1.807) is 10.7 Å². The van der Waals surface area contributed by atoms with Gasteiger partial charge in [-0.2, -0.15) is 10.2 Å². The number of aromatic nitrogens is 5. The van der Waals surface area contributed by atoms with Gasteiger partial charge in [0, 0.05) is 17.7 Å². The Morgan fingerprint density at radius 2 is 2.14 bits per heavy atom. The Bertz CT molecular complexity index is 791. The Morgan fingerprint density at radius 1 is 1.32 bits per heavy atom. The minimum atomic E-state index is -0.321. The molecule has 0 bridgehead atoms. The van der Waals surface area contributed by atoms with Crippen LogP contribution in [0.15, 0.2) is 29.0 Å². The Labute approximate surface area is 135 Å². The molecule has 3 rings (SSSR count). The van der Waals surface area contributed by atoms with E-state index in [4.69, 9.17) is 0 Å². The molecule has 7 heteroatoms. The van der Waals surface area contributed by atoms with Gasteiger partial charge in [0.05, 0.1) is 12.7 Å². The van der Waals surface area contributed by atoms with Crippen molar-refractivity contribution in [3.8, 4) is 11.4 Å². The molecule has 22 heavy (non-hydrogen) atoms. The van der Waals surface area contributed by atoms with E-state index in [0.29, 0.717) is 23.8 Å². The van der Waals surface area contributed by atoms with Crippen molar-refractivity contribution in [1.82, 2.24) is 24.5 Å². The molecule has 0 N–H and O–H groups in total. The van der Waals surface area contributed by atoms with Gasteiger partial charge in [-0.1, -0.05) is 0 Å². The highest BCUT2D eigenvalue weighted by atomic mass is 79.9. The van der Waals surface area contributed by atoms with Gasteiger partial charge in [0.1, 0.15) is 16.2 Å². The summed E-state index contributed by atoms with van der Waals surface area (Å²) in [6.07, 6.45) is 1.81. The Kier molecular flexibility index (Phi) is 4.06. The molecular formula is C15H14BrFN5. The second kappa shape index (κ2) is 6.00. The zero-order valence-electron chi connectivity index (χ0n) is 12.2. The zero-order valence-corrected chi connectivity index (χ0v) is 13.8. The largest absolute Gasteiger partial charge is 0.258 e. The van der Waals surface area contributed by atoms with Crippen LogP contribution in [0.3, 0.4) is 0 Å². The van der Waals surface area contributed by atoms with Crippen LogP contribution in [-0.2, 0) is 13.1 Å². The summed E-state index contributed by atoms with van der Waals surface area (Å²) >= 11 is 3.55. The average Bonchev–Trinajstić information content (AvgIpc) is 3.04. The molecule has 0 unspecified atom stereocenters. The number of nitrogens with zero attached hydrogens (tertiary/aromatic N) is 5. The fourth-order valence-corrected chi connectivity index (χ4v) is 2.78. The number of benzene rings is 1. The van der Waals surface area contributed by atoms with Gasteiger partial charge in [-0.05, 0) is 54.0 Å². The van der Waals surface area contributed by atoms with E-state index in [9.17, 15) is 4.39 Å². The molecule has 0 aliphatic rings. The van der Waals surface area contributed by atoms with Crippen LogP contribution in [0.1, 0.15) is 18.3 Å². The first kappa shape index (κ1) is 14.9. The highest BCUT2D eigenvalue weighted by molar-refractivity contribution is 9.10. The topological polar surface area (TPSA) is 48.5 Å². The summed E-state index contributed by atoms with van der Waals surface area (Å²) in [5.74, 6) is 0.999. The number of hydrogen-bond donors (Lipinski definition) is 0. The summed E-state index contributed by atoms with van der Waals surface area (Å²) in [5, 5.41) is 8.72. The molecule has 0 aliphatic carbocycles. The summed E-state index contributed by atoms with van der Waals surface area (Å²) < 4.78 is 17.6. The van der Waals surface area contributed by atoms with Crippen molar-refractivity contribution in [2.45, 2.75) is 26.9 Å². The van der Waals surface area contributed by atoms with Gasteiger partial charge in [-0.15, -0.1) is 0 Å². The van der Waals surface area contributed by atoms with E-state index in [1.165, 1.54) is 12.1 Å². The Balaban J connectivity index is 1.97. The van der Waals surface area contributed by atoms with E-state index in [0.717, 1.165) is 16.7 Å². The molecule has 3 aromatic rings. The first-order chi connectivity index (χ1) is 10.6. The van der Waals surface area contributed by atoms with Gasteiger partial charge in [-0.3, -0.25) is 4.68 Å². The van der Waals surface area contributed by atoms with Gasteiger partial charge in [0.15, 0.2) is 5.82 Å². The Hall–Kier alpha value is -2.02. The van der Waals surface area contributed by atoms with Gasteiger partial charge in [-0.25, -0.2) is 14.1 Å². The quantitative estimate of drug-likeness (QED) is 0.715. The molecule has 2 heterocycles. The van der Waals surface area contributed by atoms with Crippen LogP contribution in [0.5, 0.6) is 0 Å². The second-order valence-electron chi connectivity index (χ2n) is 4.84. The van der Waals surface area contributed by atoms with Crippen molar-refractivity contribution >= 4 is 15.9 Å². The lowest BCUT2D eigenvalue weighted by molar-refractivity contribution is 0.627. The van der Waals surface area contributed by atoms with Crippen molar-refractivity contribution in [2.75, 3.05) is 0 Å². The van der Waals surface area contributed by atoms with Crippen molar-refractivity contribution in [1.29, 1.82) is 0 Å². The van der Waals surface area contributed by atoms with Crippen LogP contribution in [0.4, 0.5) is 4.39 Å². The second-order valence-corrected chi connectivity index (χ2v) is 5.59. The van der Waals surface area contributed by atoms with E-state index >= 15 is 0 Å². The predicted molar refractivity (Wildman–Crippen MR) is 83.7 cm³/mol. The molecule has 0 saturated carbocycles. The van der Waals surface area contributed by atoms with Crippen LogP contribution in [0.25, 0.3) is 11.4 Å². The number of aryl methyl sites for hydroxylation is 2. The lowest BCUT2D eigenvalue weighted by Gasteiger charge is -2.05. The van der Waals surface area contributed by atoms with Crippen LogP contribution in [-0.4, -0.2) is 24.5 Å². The summed E-state index contributed by atoms with van der Waals surface area (Å²) in [7, 11) is 0. The lowest BCUT2D eigenvalue weighted by atomic mass is 10.2. The van der Waals surface area contributed by atoms with E-state index in [-0.39, 0.29) is 5.82 Å². The normalized spacial score (nSPS) is 11.1. The molecule has 1 aromatic carbocycles. The smallest absolute Gasteiger partial charge is 0.159 e. The highest BCUT2D eigenvalue weighted by Crippen LogP contribution is 2.22. The molecule has 0 aliphatic heterocycles. The summed E-state index contributed by atoms with van der Waals surface area (Å²) in [6, 6.07) is 7.24. The monoisotopic (exact) mass is 362 g/mol. The fourth-order valence-electron chi connectivity index (χ4n) is 2.21. The van der Waals surface area contributed by atoms with Crippen LogP contribution in [0, 0.1) is 18.8 Å². The number of halogens is 2. The Morgan fingerprint density at radius 3 is 2.77 bits per heavy atom. The maximum absolute atomic E-state index is 13.1. The first-order valence-electron chi connectivity index (χ1n) is 6.87. The maximum atomic E-state index is 13.1. The molecule has 5 nitrogen and oxygen atoms in total. The number of rotatable bonds is 4. The molecule has 0 spiro atoms. The average molecular weight is 363 g/mol. The lowest BCUT2D eigenvalue weighted by Crippen LogP contribution is -2.05. The van der Waals surface area contributed by atoms with E-state index < -0.39 is 0 Å². The van der Waals surface area contributed by atoms with Crippen molar-refractivity contribution in [2.24, 2.45) is 0 Å². The molecule has 0 fully saturated rings. The predicted octanol–water partition coefficient (Wildman–Crippen LogP) is 3.22. The highest BCUT2D eigenvalue weighted by Gasteiger charge is 2.14. The summed E-state index contributed by atoms with van der Waals surface area (Å²) in [6.45, 7) is 5.17. The minimum absolute atomic E-state index is 0.321. The standard InChI is InChI=1S/C15H14BrFN5/c1-3-21-14(16)12(8-18-21)9-22-15(19-10(2)20-22)11-4-6-13(17)7-5-11/h4,6-8H,3,9H2,1-2H3. The minimum Gasteiger partial charge on any atom is -0.258 e. The van der Waals surface area contributed by atoms with Crippen LogP contribution in [0.2, 0.25) is 0 Å². The van der Waals surface area contributed by atoms with Crippen molar-refractivity contribution in [3.05, 3.63) is 52.3 Å². The third-order valence-corrected chi connectivity index (χ3v) is 4.18. The van der Waals surface area contributed by atoms with Gasteiger partial charge in [0.25, 0.3) is 0 Å². The van der Waals surface area contributed by atoms with Gasteiger partial charge < -0.3 is 0 Å². The number of hydrogen-bond acceptors (Lipinski definition) is 3. The molecule has 0 saturated heterocycles. The van der Waals surface area contributed by atoms with Crippen molar-refractivity contribution < 1.29 is 4.39 Å². The van der Waals surface area contributed by atoms with E-state index in [2.05, 4.69) is 37.2 Å². The van der Waals surface area contributed by atoms with Gasteiger partial charge in [0.2, 0.25) is 0 Å². The maximum Gasteiger partial charge on any atom is 0.159 e. The molecule has 113 valence electrons. The van der Waals surface area contributed by atoms with Gasteiger partial charge >= 0.3 is 0 Å². The third kappa shape index (κ3) is 2.81. The molecule has 1 radical (unpaired) electrons. The summed E-state index contributed by atoms with van der Waals surface area (Å²) in [5.41, 5.74) is 1.72. The van der Waals surface area contributed by atoms with E-state index in [1.807, 2.05) is 24.7 Å².